The van der Waals surface area contributed by atoms with E-state index in [0.29, 0.717) is 0 Å². The Hall–Kier alpha value is 0. The van der Waals surface area contributed by atoms with E-state index in [9.17, 15) is 0 Å². The summed E-state index contributed by atoms with van der Waals surface area (Å²) in [6, 6.07) is 0. The Balaban J connectivity index is 0.000000281. The van der Waals surface area contributed by atoms with Crippen molar-refractivity contribution in [1.29, 1.82) is 0 Å². The van der Waals surface area contributed by atoms with Crippen molar-refractivity contribution < 1.29 is 0 Å². The van der Waals surface area contributed by atoms with Crippen LogP contribution in [0.2, 0.25) is 0 Å². The molecule has 0 aromatic heterocycles. The van der Waals surface area contributed by atoms with Crippen LogP contribution in [0.4, 0.5) is 0 Å². The zero-order valence-electron chi connectivity index (χ0n) is 11.6. The van der Waals surface area contributed by atoms with Gasteiger partial charge in [0.15, 0.2) is 0 Å². The average Bonchev–Trinajstić information content (AvgIpc) is 2.30. The molecular formula is C16H32. The quantitative estimate of drug-likeness (QED) is 0.516. The van der Waals surface area contributed by atoms with Gasteiger partial charge in [-0.3, -0.25) is 0 Å². The minimum Gasteiger partial charge on any atom is -0.0654 e. The van der Waals surface area contributed by atoms with Crippen LogP contribution in [0.25, 0.3) is 0 Å². The molecular weight excluding hydrogens is 192 g/mol. The van der Waals surface area contributed by atoms with Crippen LogP contribution in [-0.4, -0.2) is 0 Å². The third-order valence-corrected chi connectivity index (χ3v) is 3.64. The van der Waals surface area contributed by atoms with E-state index in [1.165, 1.54) is 57.8 Å². The third kappa shape index (κ3) is 9.24. The second kappa shape index (κ2) is 11.5. The molecule has 1 rings (SSSR count). The molecule has 0 N–H and O–H groups in total. The molecule has 0 aromatic rings. The molecule has 1 aliphatic carbocycles. The molecule has 0 amide bonds. The summed E-state index contributed by atoms with van der Waals surface area (Å²) in [5.74, 6) is 1.65. The van der Waals surface area contributed by atoms with Crippen molar-refractivity contribution in [3.63, 3.8) is 0 Å². The molecule has 0 nitrogen and oxygen atoms in total. The summed E-state index contributed by atoms with van der Waals surface area (Å²) in [6.45, 7) is 12.4. The molecule has 0 spiro atoms. The molecule has 0 saturated heterocycles. The van der Waals surface area contributed by atoms with Gasteiger partial charge in [0.2, 0.25) is 0 Å². The maximum absolute atomic E-state index is 4.08. The fourth-order valence-electron chi connectivity index (χ4n) is 2.17. The van der Waals surface area contributed by atoms with Crippen molar-refractivity contribution in [2.75, 3.05) is 0 Å². The molecule has 0 bridgehead atoms. The second-order valence-electron chi connectivity index (χ2n) is 5.29. The van der Waals surface area contributed by atoms with Gasteiger partial charge in [0.25, 0.3) is 0 Å². The highest BCUT2D eigenvalue weighted by atomic mass is 14.2. The van der Waals surface area contributed by atoms with E-state index in [4.69, 9.17) is 0 Å². The zero-order chi connectivity index (χ0) is 12.2. The molecule has 2 unspecified atom stereocenters. The average molecular weight is 224 g/mol. The Labute approximate surface area is 104 Å². The van der Waals surface area contributed by atoms with Crippen LogP contribution in [0.1, 0.15) is 78.1 Å². The summed E-state index contributed by atoms with van der Waals surface area (Å²) in [5, 5.41) is 0. The lowest BCUT2D eigenvalue weighted by Gasteiger charge is -2.24. The van der Waals surface area contributed by atoms with Crippen LogP contribution >= 0.6 is 0 Å². The zero-order valence-corrected chi connectivity index (χ0v) is 11.6. The summed E-state index contributed by atoms with van der Waals surface area (Å²) in [7, 11) is 0. The predicted octanol–water partition coefficient (Wildman–Crippen LogP) is 5.83. The number of unbranched alkanes of at least 4 members (excludes halogenated alkanes) is 5. The van der Waals surface area contributed by atoms with E-state index in [-0.39, 0.29) is 0 Å². The summed E-state index contributed by atoms with van der Waals surface area (Å²) >= 11 is 0. The van der Waals surface area contributed by atoms with E-state index in [2.05, 4.69) is 27.7 Å². The van der Waals surface area contributed by atoms with Gasteiger partial charge in [-0.15, -0.1) is 0 Å². The van der Waals surface area contributed by atoms with Crippen molar-refractivity contribution in [3.05, 3.63) is 13.8 Å². The van der Waals surface area contributed by atoms with Crippen LogP contribution in [-0.2, 0) is 0 Å². The van der Waals surface area contributed by atoms with Crippen LogP contribution in [0, 0.1) is 25.7 Å². The Bertz CT molecular complexity index is 112. The second-order valence-corrected chi connectivity index (χ2v) is 5.29. The lowest BCUT2D eigenvalue weighted by molar-refractivity contribution is 0.304. The van der Waals surface area contributed by atoms with E-state index >= 15 is 0 Å². The number of hydrogen-bond acceptors (Lipinski definition) is 0. The van der Waals surface area contributed by atoms with Gasteiger partial charge < -0.3 is 0 Å². The first-order chi connectivity index (χ1) is 7.72. The predicted molar refractivity (Wildman–Crippen MR) is 75.2 cm³/mol. The normalized spacial score (nSPS) is 24.8. The van der Waals surface area contributed by atoms with Crippen molar-refractivity contribution in [3.8, 4) is 0 Å². The molecule has 96 valence electrons. The highest BCUT2D eigenvalue weighted by molar-refractivity contribution is 4.72. The number of rotatable bonds is 5. The van der Waals surface area contributed by atoms with E-state index < -0.39 is 0 Å². The van der Waals surface area contributed by atoms with Crippen molar-refractivity contribution in [1.82, 2.24) is 0 Å². The van der Waals surface area contributed by atoms with Crippen LogP contribution < -0.4 is 0 Å². The van der Waals surface area contributed by atoms with Gasteiger partial charge in [-0.2, -0.15) is 0 Å². The first-order valence-electron chi connectivity index (χ1n) is 7.34. The third-order valence-electron chi connectivity index (χ3n) is 3.64. The van der Waals surface area contributed by atoms with E-state index in [0.717, 1.165) is 18.3 Å². The molecule has 0 heterocycles. The standard InChI is InChI=1S/C8H15.C8H17/c1-7-5-3-4-6-8(7)2;1-3-5-7-8-6-4-2/h7-8H,1,3-6H2,2H3;1,3-8H2,2H3. The fourth-order valence-corrected chi connectivity index (χ4v) is 2.17. The van der Waals surface area contributed by atoms with Gasteiger partial charge in [-0.05, 0) is 18.8 Å². The van der Waals surface area contributed by atoms with Crippen molar-refractivity contribution in [2.24, 2.45) is 11.8 Å². The van der Waals surface area contributed by atoms with Crippen LogP contribution in [0.15, 0.2) is 0 Å². The maximum atomic E-state index is 4.08. The van der Waals surface area contributed by atoms with Gasteiger partial charge in [0.1, 0.15) is 0 Å². The Morgan fingerprint density at radius 3 is 2.06 bits per heavy atom. The maximum Gasteiger partial charge on any atom is -0.0388 e. The van der Waals surface area contributed by atoms with Crippen molar-refractivity contribution >= 4 is 0 Å². The fraction of sp³-hybridized carbons (Fsp3) is 0.875. The SMILES string of the molecule is [CH2]C1CCCCC1C.[CH2]CCCCCCC. The highest BCUT2D eigenvalue weighted by Gasteiger charge is 2.15. The molecule has 0 aliphatic heterocycles. The summed E-state index contributed by atoms with van der Waals surface area (Å²) in [4.78, 5) is 0. The molecule has 0 aromatic carbocycles. The Kier molecular flexibility index (Phi) is 11.5. The van der Waals surface area contributed by atoms with Gasteiger partial charge in [0, 0.05) is 0 Å². The van der Waals surface area contributed by atoms with Gasteiger partial charge >= 0.3 is 0 Å². The Morgan fingerprint density at radius 2 is 1.62 bits per heavy atom. The lowest BCUT2D eigenvalue weighted by atomic mass is 9.82. The molecule has 16 heavy (non-hydrogen) atoms. The van der Waals surface area contributed by atoms with Crippen LogP contribution in [0.3, 0.4) is 0 Å². The summed E-state index contributed by atoms with van der Waals surface area (Å²) < 4.78 is 0. The number of hydrogen-bond donors (Lipinski definition) is 0. The highest BCUT2D eigenvalue weighted by Crippen LogP contribution is 2.28. The molecule has 0 heteroatoms. The summed E-state index contributed by atoms with van der Waals surface area (Å²) in [6.07, 6.45) is 13.6. The Morgan fingerprint density at radius 1 is 1.00 bits per heavy atom. The molecule has 1 saturated carbocycles. The minimum absolute atomic E-state index is 0.753. The molecule has 2 radical (unpaired) electrons. The van der Waals surface area contributed by atoms with Crippen molar-refractivity contribution in [2.45, 2.75) is 78.1 Å². The lowest BCUT2D eigenvalue weighted by Crippen LogP contribution is -2.12. The topological polar surface area (TPSA) is 0 Å². The first kappa shape index (κ1) is 16.0. The largest absolute Gasteiger partial charge is 0.0654 e. The van der Waals surface area contributed by atoms with E-state index in [1.807, 2.05) is 0 Å². The van der Waals surface area contributed by atoms with Gasteiger partial charge in [-0.25, -0.2) is 0 Å². The molecule has 1 aliphatic rings. The smallest absolute Gasteiger partial charge is 0.0388 e. The molecule has 2 atom stereocenters. The van der Waals surface area contributed by atoms with Gasteiger partial charge in [0.05, 0.1) is 0 Å². The minimum atomic E-state index is 0.753. The molecule has 1 fully saturated rings. The first-order valence-corrected chi connectivity index (χ1v) is 7.34. The summed E-state index contributed by atoms with van der Waals surface area (Å²) in [5.41, 5.74) is 0. The monoisotopic (exact) mass is 224 g/mol. The van der Waals surface area contributed by atoms with E-state index in [1.54, 1.807) is 0 Å². The van der Waals surface area contributed by atoms with Crippen LogP contribution in [0.5, 0.6) is 0 Å². The van der Waals surface area contributed by atoms with Gasteiger partial charge in [-0.1, -0.05) is 85.0 Å².